The molecule has 1 aromatic carbocycles. The van der Waals surface area contributed by atoms with Crippen LogP contribution < -0.4 is 5.32 Å². The Bertz CT molecular complexity index is 404. The van der Waals surface area contributed by atoms with E-state index in [9.17, 15) is 5.26 Å². The van der Waals surface area contributed by atoms with Gasteiger partial charge in [0.2, 0.25) is 0 Å². The van der Waals surface area contributed by atoms with Crippen LogP contribution in [0.4, 0.5) is 5.69 Å². The van der Waals surface area contributed by atoms with Crippen molar-refractivity contribution in [2.24, 2.45) is 0 Å². The molecule has 0 aromatic heterocycles. The summed E-state index contributed by atoms with van der Waals surface area (Å²) in [6, 6.07) is 9.69. The van der Waals surface area contributed by atoms with Crippen LogP contribution in [-0.2, 0) is 4.74 Å². The molecule has 4 heteroatoms. The number of methoxy groups -OCH3 is 1. The van der Waals surface area contributed by atoms with Crippen molar-refractivity contribution in [2.45, 2.75) is 24.5 Å². The van der Waals surface area contributed by atoms with E-state index in [1.54, 1.807) is 19.2 Å². The Morgan fingerprint density at radius 2 is 2.06 bits per heavy atom. The molecule has 0 spiro atoms. The zero-order valence-corrected chi connectivity index (χ0v) is 9.79. The van der Waals surface area contributed by atoms with Gasteiger partial charge in [0.05, 0.1) is 12.2 Å². The summed E-state index contributed by atoms with van der Waals surface area (Å²) in [5, 5.41) is 13.1. The van der Waals surface area contributed by atoms with Crippen molar-refractivity contribution >= 4 is 17.3 Å². The number of nitrogens with one attached hydrogen (secondary N) is 1. The quantitative estimate of drug-likeness (QED) is 0.878. The highest BCUT2D eigenvalue weighted by atomic mass is 35.5. The van der Waals surface area contributed by atoms with Crippen LogP contribution >= 0.6 is 11.6 Å². The highest BCUT2D eigenvalue weighted by molar-refractivity contribution is 6.30. The molecule has 1 aliphatic rings. The van der Waals surface area contributed by atoms with Gasteiger partial charge in [-0.3, -0.25) is 0 Å². The molecule has 1 fully saturated rings. The molecule has 1 aliphatic carbocycles. The monoisotopic (exact) mass is 236 g/mol. The van der Waals surface area contributed by atoms with E-state index < -0.39 is 5.54 Å². The van der Waals surface area contributed by atoms with Crippen molar-refractivity contribution < 1.29 is 4.74 Å². The normalized spacial score (nSPS) is 27.9. The second-order valence-electron chi connectivity index (χ2n) is 4.09. The van der Waals surface area contributed by atoms with Crippen molar-refractivity contribution in [3.8, 4) is 6.07 Å². The molecular weight excluding hydrogens is 224 g/mol. The molecule has 0 saturated heterocycles. The second kappa shape index (κ2) is 4.32. The first kappa shape index (κ1) is 11.3. The van der Waals surface area contributed by atoms with Crippen LogP contribution in [0, 0.1) is 11.3 Å². The second-order valence-corrected chi connectivity index (χ2v) is 4.53. The molecule has 0 atom stereocenters. The van der Waals surface area contributed by atoms with E-state index >= 15 is 0 Å². The minimum Gasteiger partial charge on any atom is -0.381 e. The van der Waals surface area contributed by atoms with E-state index in [1.165, 1.54) is 0 Å². The van der Waals surface area contributed by atoms with Crippen LogP contribution in [-0.4, -0.2) is 18.8 Å². The summed E-state index contributed by atoms with van der Waals surface area (Å²) in [5.74, 6) is 0. The third-order valence-electron chi connectivity index (χ3n) is 2.93. The summed E-state index contributed by atoms with van der Waals surface area (Å²) < 4.78 is 5.19. The van der Waals surface area contributed by atoms with Crippen LogP contribution in [0.5, 0.6) is 0 Å². The Morgan fingerprint density at radius 3 is 2.56 bits per heavy atom. The first-order chi connectivity index (χ1) is 7.67. The Hall–Kier alpha value is -1.24. The van der Waals surface area contributed by atoms with Crippen molar-refractivity contribution in [3.63, 3.8) is 0 Å². The van der Waals surface area contributed by atoms with Crippen molar-refractivity contribution in [1.82, 2.24) is 0 Å². The van der Waals surface area contributed by atoms with Gasteiger partial charge in [0.15, 0.2) is 0 Å². The van der Waals surface area contributed by atoms with E-state index in [0.29, 0.717) is 5.02 Å². The SMILES string of the molecule is COC1CC(C#N)(Nc2ccc(Cl)cc2)C1. The predicted molar refractivity (Wildman–Crippen MR) is 63.4 cm³/mol. The predicted octanol–water partition coefficient (Wildman–Crippen LogP) is 2.82. The summed E-state index contributed by atoms with van der Waals surface area (Å²) in [6.07, 6.45) is 1.64. The van der Waals surface area contributed by atoms with Crippen molar-refractivity contribution in [2.75, 3.05) is 12.4 Å². The maximum absolute atomic E-state index is 9.17. The highest BCUT2D eigenvalue weighted by Gasteiger charge is 2.45. The summed E-state index contributed by atoms with van der Waals surface area (Å²) >= 11 is 5.80. The standard InChI is InChI=1S/C12H13ClN2O/c1-16-11-6-12(7-11,8-14)15-10-4-2-9(13)3-5-10/h2-5,11,15H,6-7H2,1H3. The maximum Gasteiger partial charge on any atom is 0.130 e. The minimum absolute atomic E-state index is 0.194. The van der Waals surface area contributed by atoms with Crippen LogP contribution in [0.1, 0.15) is 12.8 Å². The zero-order valence-electron chi connectivity index (χ0n) is 9.03. The van der Waals surface area contributed by atoms with E-state index in [4.69, 9.17) is 16.3 Å². The lowest BCUT2D eigenvalue weighted by Gasteiger charge is -2.42. The van der Waals surface area contributed by atoms with Gasteiger partial charge in [-0.25, -0.2) is 0 Å². The minimum atomic E-state index is -0.478. The Labute approximate surface area is 100.0 Å². The Kier molecular flexibility index (Phi) is 3.04. The third-order valence-corrected chi connectivity index (χ3v) is 3.18. The number of halogens is 1. The Morgan fingerprint density at radius 1 is 1.44 bits per heavy atom. The summed E-state index contributed by atoms with van der Waals surface area (Å²) in [4.78, 5) is 0. The lowest BCUT2D eigenvalue weighted by atomic mass is 9.75. The number of hydrogen-bond acceptors (Lipinski definition) is 3. The van der Waals surface area contributed by atoms with Crippen LogP contribution in [0.15, 0.2) is 24.3 Å². The molecule has 1 saturated carbocycles. The molecule has 3 nitrogen and oxygen atoms in total. The first-order valence-electron chi connectivity index (χ1n) is 5.15. The molecule has 0 radical (unpaired) electrons. The molecule has 0 bridgehead atoms. The van der Waals surface area contributed by atoms with Crippen LogP contribution in [0.2, 0.25) is 5.02 Å². The molecule has 0 heterocycles. The van der Waals surface area contributed by atoms with Gasteiger partial charge in [-0.15, -0.1) is 0 Å². The van der Waals surface area contributed by atoms with Crippen LogP contribution in [0.25, 0.3) is 0 Å². The lowest BCUT2D eigenvalue weighted by Crippen LogP contribution is -2.52. The lowest BCUT2D eigenvalue weighted by molar-refractivity contribution is 0.0129. The smallest absolute Gasteiger partial charge is 0.130 e. The molecule has 0 amide bonds. The number of anilines is 1. The first-order valence-corrected chi connectivity index (χ1v) is 5.53. The van der Waals surface area contributed by atoms with E-state index in [2.05, 4.69) is 11.4 Å². The average Bonchev–Trinajstić information content (AvgIpc) is 2.26. The van der Waals surface area contributed by atoms with Gasteiger partial charge in [-0.05, 0) is 24.3 Å². The molecular formula is C12H13ClN2O. The van der Waals surface area contributed by atoms with Gasteiger partial charge in [0.25, 0.3) is 0 Å². The molecule has 1 aromatic rings. The number of benzene rings is 1. The van der Waals surface area contributed by atoms with Gasteiger partial charge < -0.3 is 10.1 Å². The average molecular weight is 237 g/mol. The fourth-order valence-electron chi connectivity index (χ4n) is 1.92. The van der Waals surface area contributed by atoms with Gasteiger partial charge in [-0.2, -0.15) is 5.26 Å². The molecule has 0 aliphatic heterocycles. The molecule has 16 heavy (non-hydrogen) atoms. The molecule has 2 rings (SSSR count). The number of nitriles is 1. The van der Waals surface area contributed by atoms with Gasteiger partial charge >= 0.3 is 0 Å². The maximum atomic E-state index is 9.17. The summed E-state index contributed by atoms with van der Waals surface area (Å²) in [5.41, 5.74) is 0.439. The fourth-order valence-corrected chi connectivity index (χ4v) is 2.04. The number of rotatable bonds is 3. The van der Waals surface area contributed by atoms with Crippen LogP contribution in [0.3, 0.4) is 0 Å². The summed E-state index contributed by atoms with van der Waals surface area (Å²) in [6.45, 7) is 0. The number of hydrogen-bond donors (Lipinski definition) is 1. The Balaban J connectivity index is 2.04. The molecule has 84 valence electrons. The molecule has 1 N–H and O–H groups in total. The number of ether oxygens (including phenoxy) is 1. The zero-order chi connectivity index (χ0) is 11.6. The van der Waals surface area contributed by atoms with E-state index in [-0.39, 0.29) is 6.10 Å². The van der Waals surface area contributed by atoms with Gasteiger partial charge in [0.1, 0.15) is 5.54 Å². The largest absolute Gasteiger partial charge is 0.381 e. The van der Waals surface area contributed by atoms with Crippen molar-refractivity contribution in [1.29, 1.82) is 5.26 Å². The van der Waals surface area contributed by atoms with E-state index in [1.807, 2.05) is 12.1 Å². The van der Waals surface area contributed by atoms with Gasteiger partial charge in [-0.1, -0.05) is 11.6 Å². The number of nitrogens with zero attached hydrogens (tertiary/aromatic N) is 1. The topological polar surface area (TPSA) is 45.0 Å². The third kappa shape index (κ3) is 2.13. The van der Waals surface area contributed by atoms with Crippen molar-refractivity contribution in [3.05, 3.63) is 29.3 Å². The van der Waals surface area contributed by atoms with Gasteiger partial charge in [0, 0.05) is 30.7 Å². The summed E-state index contributed by atoms with van der Waals surface area (Å²) in [7, 11) is 1.67. The molecule has 0 unspecified atom stereocenters. The van der Waals surface area contributed by atoms with E-state index in [0.717, 1.165) is 18.5 Å². The highest BCUT2D eigenvalue weighted by Crippen LogP contribution is 2.36. The fraction of sp³-hybridized carbons (Fsp3) is 0.417.